The molecule has 78 valence electrons. The molecule has 2 amide bonds. The summed E-state index contributed by atoms with van der Waals surface area (Å²) in [6.07, 6.45) is 0.727. The van der Waals surface area contributed by atoms with E-state index in [2.05, 4.69) is 0 Å². The van der Waals surface area contributed by atoms with Crippen LogP contribution >= 0.6 is 0 Å². The van der Waals surface area contributed by atoms with Gasteiger partial charge in [-0.15, -0.1) is 0 Å². The van der Waals surface area contributed by atoms with E-state index in [1.54, 1.807) is 0 Å². The van der Waals surface area contributed by atoms with Crippen LogP contribution in [0.5, 0.6) is 0 Å². The first-order chi connectivity index (χ1) is 6.57. The normalized spacial score (nSPS) is 32.4. The molecule has 0 spiro atoms. The van der Waals surface area contributed by atoms with Crippen LogP contribution in [0, 0.1) is 17.8 Å². The van der Waals surface area contributed by atoms with Gasteiger partial charge >= 0.3 is 0 Å². The highest BCUT2D eigenvalue weighted by atomic mass is 16.3. The molecule has 2 fully saturated rings. The molecule has 3 atom stereocenters. The zero-order valence-corrected chi connectivity index (χ0v) is 8.43. The predicted molar refractivity (Wildman–Crippen MR) is 49.2 cm³/mol. The maximum atomic E-state index is 11.7. The fraction of sp³-hybridized carbons (Fsp3) is 0.800. The van der Waals surface area contributed by atoms with E-state index < -0.39 is 0 Å². The molecule has 2 unspecified atom stereocenters. The van der Waals surface area contributed by atoms with Crippen molar-refractivity contribution in [3.8, 4) is 0 Å². The maximum Gasteiger partial charge on any atom is 0.233 e. The van der Waals surface area contributed by atoms with Crippen molar-refractivity contribution in [3.05, 3.63) is 0 Å². The average molecular weight is 197 g/mol. The van der Waals surface area contributed by atoms with Crippen LogP contribution in [0.2, 0.25) is 0 Å². The van der Waals surface area contributed by atoms with Crippen molar-refractivity contribution in [2.45, 2.75) is 26.3 Å². The summed E-state index contributed by atoms with van der Waals surface area (Å²) in [5.41, 5.74) is 0. The van der Waals surface area contributed by atoms with Gasteiger partial charge in [0, 0.05) is 0 Å². The van der Waals surface area contributed by atoms with Gasteiger partial charge in [0.25, 0.3) is 0 Å². The smallest absolute Gasteiger partial charge is 0.233 e. The minimum Gasteiger partial charge on any atom is -0.394 e. The Labute approximate surface area is 82.9 Å². The lowest BCUT2D eigenvalue weighted by Crippen LogP contribution is -2.46. The molecule has 0 aromatic carbocycles. The summed E-state index contributed by atoms with van der Waals surface area (Å²) in [4.78, 5) is 24.6. The highest BCUT2D eigenvalue weighted by molar-refractivity contribution is 6.09. The molecule has 4 heteroatoms. The van der Waals surface area contributed by atoms with Crippen molar-refractivity contribution in [2.75, 3.05) is 6.61 Å². The molecule has 4 nitrogen and oxygen atoms in total. The molecule has 14 heavy (non-hydrogen) atoms. The minimum absolute atomic E-state index is 0.0599. The van der Waals surface area contributed by atoms with Crippen molar-refractivity contribution in [1.29, 1.82) is 0 Å². The topological polar surface area (TPSA) is 57.6 Å². The second kappa shape index (κ2) is 3.05. The molecule has 0 bridgehead atoms. The Morgan fingerprint density at radius 3 is 2.21 bits per heavy atom. The SMILES string of the molecule is CC(C)[C@H](CO)N1C(=O)C2CC2C1=O. The summed E-state index contributed by atoms with van der Waals surface area (Å²) in [6, 6.07) is -0.331. The van der Waals surface area contributed by atoms with Crippen LogP contribution in [0.15, 0.2) is 0 Å². The van der Waals surface area contributed by atoms with Crippen LogP contribution < -0.4 is 0 Å². The molecule has 1 heterocycles. The third kappa shape index (κ3) is 1.17. The number of hydrogen-bond acceptors (Lipinski definition) is 3. The largest absolute Gasteiger partial charge is 0.394 e. The Morgan fingerprint density at radius 2 is 1.86 bits per heavy atom. The lowest BCUT2D eigenvalue weighted by atomic mass is 10.0. The third-order valence-corrected chi connectivity index (χ3v) is 3.19. The molecule has 0 aromatic rings. The standard InChI is InChI=1S/C10H15NO3/c1-5(2)8(4-12)11-9(13)6-3-7(6)10(11)14/h5-8,12H,3-4H2,1-2H3/t6?,7?,8-/m0/s1. The van der Waals surface area contributed by atoms with Crippen molar-refractivity contribution >= 4 is 11.8 Å². The minimum atomic E-state index is -0.331. The van der Waals surface area contributed by atoms with Gasteiger partial charge in [-0.1, -0.05) is 13.8 Å². The van der Waals surface area contributed by atoms with Crippen LogP contribution in [0.25, 0.3) is 0 Å². The maximum absolute atomic E-state index is 11.7. The summed E-state index contributed by atoms with van der Waals surface area (Å²) in [6.45, 7) is 3.69. The number of carbonyl (C=O) groups is 2. The van der Waals surface area contributed by atoms with Crippen LogP contribution in [0.1, 0.15) is 20.3 Å². The molecular formula is C10H15NO3. The first kappa shape index (κ1) is 9.65. The van der Waals surface area contributed by atoms with E-state index in [-0.39, 0.29) is 42.2 Å². The Balaban J connectivity index is 2.17. The number of fused-ring (bicyclic) bond motifs is 1. The van der Waals surface area contributed by atoms with Gasteiger partial charge in [-0.3, -0.25) is 14.5 Å². The summed E-state index contributed by atoms with van der Waals surface area (Å²) >= 11 is 0. The van der Waals surface area contributed by atoms with Crippen LogP contribution in [0.3, 0.4) is 0 Å². The number of carbonyl (C=O) groups excluding carboxylic acids is 2. The number of imide groups is 1. The van der Waals surface area contributed by atoms with Crippen LogP contribution in [0.4, 0.5) is 0 Å². The number of nitrogens with zero attached hydrogens (tertiary/aromatic N) is 1. The lowest BCUT2D eigenvalue weighted by molar-refractivity contribution is -0.146. The van der Waals surface area contributed by atoms with Gasteiger partial charge < -0.3 is 5.11 Å². The highest BCUT2D eigenvalue weighted by Crippen LogP contribution is 2.48. The van der Waals surface area contributed by atoms with Gasteiger partial charge in [0.05, 0.1) is 24.5 Å². The van der Waals surface area contributed by atoms with Crippen molar-refractivity contribution in [2.24, 2.45) is 17.8 Å². The fourth-order valence-corrected chi connectivity index (χ4v) is 2.12. The van der Waals surface area contributed by atoms with Gasteiger partial charge in [0.2, 0.25) is 11.8 Å². The number of piperidine rings is 1. The number of amides is 2. The van der Waals surface area contributed by atoms with E-state index in [0.29, 0.717) is 0 Å². The monoisotopic (exact) mass is 197 g/mol. The Hall–Kier alpha value is -0.900. The lowest BCUT2D eigenvalue weighted by Gasteiger charge is -2.28. The summed E-state index contributed by atoms with van der Waals surface area (Å²) in [5, 5.41) is 9.15. The summed E-state index contributed by atoms with van der Waals surface area (Å²) in [5.74, 6) is -0.156. The third-order valence-electron chi connectivity index (χ3n) is 3.19. The number of aliphatic hydroxyl groups excluding tert-OH is 1. The second-order valence-electron chi connectivity index (χ2n) is 4.49. The van der Waals surface area contributed by atoms with Gasteiger partial charge in [-0.2, -0.15) is 0 Å². The van der Waals surface area contributed by atoms with E-state index in [1.807, 2.05) is 13.8 Å². The molecule has 2 rings (SSSR count). The molecule has 1 saturated heterocycles. The van der Waals surface area contributed by atoms with E-state index in [0.717, 1.165) is 6.42 Å². The van der Waals surface area contributed by atoms with Gasteiger partial charge in [-0.25, -0.2) is 0 Å². The van der Waals surface area contributed by atoms with Crippen LogP contribution in [-0.4, -0.2) is 34.5 Å². The van der Waals surface area contributed by atoms with E-state index in [9.17, 15) is 9.59 Å². The zero-order chi connectivity index (χ0) is 10.5. The number of likely N-dealkylation sites (tertiary alicyclic amines) is 1. The molecule has 1 aliphatic carbocycles. The first-order valence-electron chi connectivity index (χ1n) is 5.05. The van der Waals surface area contributed by atoms with Gasteiger partial charge in [-0.05, 0) is 12.3 Å². The fourth-order valence-electron chi connectivity index (χ4n) is 2.12. The predicted octanol–water partition coefficient (Wildman–Crippen LogP) is 0.00820. The molecule has 1 saturated carbocycles. The van der Waals surface area contributed by atoms with E-state index in [4.69, 9.17) is 5.11 Å². The Morgan fingerprint density at radius 1 is 1.36 bits per heavy atom. The molecular weight excluding hydrogens is 182 g/mol. The van der Waals surface area contributed by atoms with Gasteiger partial charge in [0.15, 0.2) is 0 Å². The van der Waals surface area contributed by atoms with Crippen molar-refractivity contribution < 1.29 is 14.7 Å². The zero-order valence-electron chi connectivity index (χ0n) is 8.43. The highest BCUT2D eigenvalue weighted by Gasteiger charge is 2.60. The van der Waals surface area contributed by atoms with Gasteiger partial charge in [0.1, 0.15) is 0 Å². The average Bonchev–Trinajstić information content (AvgIpc) is 2.85. The molecule has 2 aliphatic rings. The van der Waals surface area contributed by atoms with Crippen LogP contribution in [-0.2, 0) is 9.59 Å². The Kier molecular flexibility index (Phi) is 2.10. The Bertz CT molecular complexity index is 267. The number of aliphatic hydroxyl groups is 1. The second-order valence-corrected chi connectivity index (χ2v) is 4.49. The van der Waals surface area contributed by atoms with E-state index >= 15 is 0 Å². The molecule has 0 radical (unpaired) electrons. The molecule has 1 N–H and O–H groups in total. The molecule has 0 aromatic heterocycles. The number of rotatable bonds is 3. The number of hydrogen-bond donors (Lipinski definition) is 1. The molecule has 1 aliphatic heterocycles. The van der Waals surface area contributed by atoms with E-state index in [1.165, 1.54) is 4.90 Å². The van der Waals surface area contributed by atoms with Crippen molar-refractivity contribution in [3.63, 3.8) is 0 Å². The quantitative estimate of drug-likeness (QED) is 0.648. The first-order valence-corrected chi connectivity index (χ1v) is 5.05. The summed E-state index contributed by atoms with van der Waals surface area (Å²) < 4.78 is 0. The summed E-state index contributed by atoms with van der Waals surface area (Å²) in [7, 11) is 0. The van der Waals surface area contributed by atoms with Crippen molar-refractivity contribution in [1.82, 2.24) is 4.90 Å².